The van der Waals surface area contributed by atoms with Crippen LogP contribution in [0.25, 0.3) is 11.1 Å². The molecule has 2 aromatic heterocycles. The molecule has 1 aromatic carbocycles. The number of morpholine rings is 1. The number of nitrogens with zero attached hydrogens (tertiary/aromatic N) is 5. The van der Waals surface area contributed by atoms with Gasteiger partial charge in [-0.3, -0.25) is 4.79 Å². The number of sulfonamides is 1. The lowest BCUT2D eigenvalue weighted by atomic mass is 10.1. The standard InChI is InChI=1S/C22H24N6O5S/c1-14-4-3-5-15(12-14)16-6-7-28(25-16)22-23-17-13-18(21(29)26-34(2,30)31)33-19(17)20(24-22)27-8-10-32-11-9-27/h3-5,12-13H,6-11H2,1-2H3,(H,26,29). The second kappa shape index (κ2) is 8.69. The third-order valence-corrected chi connectivity index (χ3v) is 6.09. The minimum Gasteiger partial charge on any atom is -0.445 e. The van der Waals surface area contributed by atoms with E-state index in [1.807, 2.05) is 34.7 Å². The van der Waals surface area contributed by atoms with Gasteiger partial charge in [-0.2, -0.15) is 10.1 Å². The molecule has 1 amide bonds. The monoisotopic (exact) mass is 484 g/mol. The number of anilines is 2. The van der Waals surface area contributed by atoms with E-state index in [0.717, 1.165) is 29.5 Å². The van der Waals surface area contributed by atoms with E-state index in [1.165, 1.54) is 6.07 Å². The Morgan fingerprint density at radius 1 is 1.12 bits per heavy atom. The number of amides is 1. The van der Waals surface area contributed by atoms with Crippen molar-refractivity contribution in [1.82, 2.24) is 14.7 Å². The summed E-state index contributed by atoms with van der Waals surface area (Å²) in [5.74, 6) is -0.129. The van der Waals surface area contributed by atoms with Crippen molar-refractivity contribution in [3.05, 3.63) is 47.2 Å². The van der Waals surface area contributed by atoms with Gasteiger partial charge in [-0.15, -0.1) is 0 Å². The Labute approximate surface area is 196 Å². The highest BCUT2D eigenvalue weighted by Gasteiger charge is 2.27. The normalized spacial score (nSPS) is 16.7. The number of carbonyl (C=O) groups is 1. The molecule has 2 aliphatic heterocycles. The average molecular weight is 485 g/mol. The summed E-state index contributed by atoms with van der Waals surface area (Å²) in [4.78, 5) is 23.7. The van der Waals surface area contributed by atoms with Crippen molar-refractivity contribution in [1.29, 1.82) is 0 Å². The zero-order valence-corrected chi connectivity index (χ0v) is 19.6. The minimum absolute atomic E-state index is 0.160. The third-order valence-electron chi connectivity index (χ3n) is 5.54. The van der Waals surface area contributed by atoms with E-state index >= 15 is 0 Å². The van der Waals surface area contributed by atoms with Crippen LogP contribution in [-0.2, 0) is 14.8 Å². The zero-order chi connectivity index (χ0) is 23.9. The van der Waals surface area contributed by atoms with E-state index in [1.54, 1.807) is 5.01 Å². The fraction of sp³-hybridized carbons (Fsp3) is 0.364. The van der Waals surface area contributed by atoms with Crippen LogP contribution in [-0.4, -0.2) is 69.1 Å². The summed E-state index contributed by atoms with van der Waals surface area (Å²) in [6.07, 6.45) is 1.65. The van der Waals surface area contributed by atoms with Gasteiger partial charge in [-0.05, 0) is 12.5 Å². The van der Waals surface area contributed by atoms with E-state index in [2.05, 4.69) is 11.1 Å². The quantitative estimate of drug-likeness (QED) is 0.575. The smallest absolute Gasteiger partial charge is 0.300 e. The zero-order valence-electron chi connectivity index (χ0n) is 18.8. The molecule has 1 fully saturated rings. The SMILES string of the molecule is Cc1cccc(C2=NN(c3nc(N4CCOCC4)c4oc(C(=O)NS(C)(=O)=O)cc4n3)CC2)c1. The van der Waals surface area contributed by atoms with Crippen LogP contribution in [0.4, 0.5) is 11.8 Å². The van der Waals surface area contributed by atoms with Gasteiger partial charge in [0, 0.05) is 25.6 Å². The summed E-state index contributed by atoms with van der Waals surface area (Å²) in [6, 6.07) is 9.59. The lowest BCUT2D eigenvalue weighted by Gasteiger charge is -2.28. The molecular weight excluding hydrogens is 460 g/mol. The van der Waals surface area contributed by atoms with Crippen LogP contribution in [0, 0.1) is 6.92 Å². The Morgan fingerprint density at radius 3 is 2.65 bits per heavy atom. The molecule has 1 saturated heterocycles. The molecule has 1 N–H and O–H groups in total. The minimum atomic E-state index is -3.74. The number of aryl methyl sites for hydroxylation is 1. The van der Waals surface area contributed by atoms with Gasteiger partial charge in [-0.25, -0.2) is 23.1 Å². The number of carbonyl (C=O) groups excluding carboxylic acids is 1. The van der Waals surface area contributed by atoms with Gasteiger partial charge in [0.1, 0.15) is 5.52 Å². The van der Waals surface area contributed by atoms with Crippen LogP contribution in [0.1, 0.15) is 28.1 Å². The molecule has 12 heteroatoms. The van der Waals surface area contributed by atoms with E-state index in [0.29, 0.717) is 55.7 Å². The number of rotatable bonds is 5. The van der Waals surface area contributed by atoms with E-state index in [-0.39, 0.29) is 5.76 Å². The molecule has 4 heterocycles. The molecule has 0 atom stereocenters. The largest absolute Gasteiger partial charge is 0.445 e. The van der Waals surface area contributed by atoms with Crippen LogP contribution < -0.4 is 14.6 Å². The van der Waals surface area contributed by atoms with E-state index in [9.17, 15) is 13.2 Å². The number of ether oxygens (including phenoxy) is 1. The lowest BCUT2D eigenvalue weighted by Crippen LogP contribution is -2.37. The summed E-state index contributed by atoms with van der Waals surface area (Å²) < 4.78 is 36.1. The van der Waals surface area contributed by atoms with Gasteiger partial charge in [0.15, 0.2) is 17.2 Å². The van der Waals surface area contributed by atoms with Gasteiger partial charge in [0.05, 0.1) is 31.7 Å². The fourth-order valence-corrected chi connectivity index (χ4v) is 4.40. The Morgan fingerprint density at radius 2 is 1.91 bits per heavy atom. The first-order valence-corrected chi connectivity index (χ1v) is 12.7. The van der Waals surface area contributed by atoms with Gasteiger partial charge < -0.3 is 14.1 Å². The fourth-order valence-electron chi connectivity index (χ4n) is 3.97. The Bertz CT molecular complexity index is 1390. The van der Waals surface area contributed by atoms with Crippen molar-refractivity contribution in [2.45, 2.75) is 13.3 Å². The number of furan rings is 1. The van der Waals surface area contributed by atoms with Gasteiger partial charge in [-0.1, -0.05) is 29.8 Å². The van der Waals surface area contributed by atoms with Gasteiger partial charge in [0.2, 0.25) is 16.0 Å². The predicted octanol–water partition coefficient (Wildman–Crippen LogP) is 1.67. The van der Waals surface area contributed by atoms with Crippen molar-refractivity contribution in [3.63, 3.8) is 0 Å². The summed E-state index contributed by atoms with van der Waals surface area (Å²) in [6.45, 7) is 4.89. The maximum atomic E-state index is 12.4. The third kappa shape index (κ3) is 4.59. The van der Waals surface area contributed by atoms with Crippen LogP contribution >= 0.6 is 0 Å². The number of benzene rings is 1. The molecule has 3 aromatic rings. The van der Waals surface area contributed by atoms with Crippen LogP contribution in [0.15, 0.2) is 39.9 Å². The number of nitrogens with one attached hydrogen (secondary N) is 1. The number of aromatic nitrogens is 2. The second-order valence-electron chi connectivity index (χ2n) is 8.26. The Kier molecular flexibility index (Phi) is 5.70. The van der Waals surface area contributed by atoms with Gasteiger partial charge >= 0.3 is 5.91 Å². The molecule has 2 aliphatic rings. The molecular formula is C22H24N6O5S. The molecule has 5 rings (SSSR count). The van der Waals surface area contributed by atoms with Crippen LogP contribution in [0.2, 0.25) is 0 Å². The van der Waals surface area contributed by atoms with Crippen molar-refractivity contribution in [2.75, 3.05) is 49.0 Å². The number of hydrazone groups is 1. The summed E-state index contributed by atoms with van der Waals surface area (Å²) in [7, 11) is -3.74. The first kappa shape index (κ1) is 22.3. The van der Waals surface area contributed by atoms with Gasteiger partial charge in [0.25, 0.3) is 0 Å². The van der Waals surface area contributed by atoms with Crippen molar-refractivity contribution in [2.24, 2.45) is 5.10 Å². The maximum Gasteiger partial charge on any atom is 0.300 e. The van der Waals surface area contributed by atoms with Crippen molar-refractivity contribution in [3.8, 4) is 0 Å². The molecule has 11 nitrogen and oxygen atoms in total. The number of hydrogen-bond acceptors (Lipinski definition) is 10. The lowest BCUT2D eigenvalue weighted by molar-refractivity contribution is 0.0956. The molecule has 0 unspecified atom stereocenters. The number of hydrogen-bond donors (Lipinski definition) is 1. The van der Waals surface area contributed by atoms with Crippen LogP contribution in [0.3, 0.4) is 0 Å². The Hall–Kier alpha value is -3.51. The second-order valence-corrected chi connectivity index (χ2v) is 10.0. The van der Waals surface area contributed by atoms with E-state index in [4.69, 9.17) is 19.2 Å². The topological polar surface area (TPSA) is 130 Å². The molecule has 0 spiro atoms. The average Bonchev–Trinajstić information content (AvgIpc) is 3.45. The molecule has 34 heavy (non-hydrogen) atoms. The Balaban J connectivity index is 1.55. The first-order chi connectivity index (χ1) is 16.3. The van der Waals surface area contributed by atoms with Crippen molar-refractivity contribution < 1.29 is 22.4 Å². The van der Waals surface area contributed by atoms with E-state index < -0.39 is 15.9 Å². The highest BCUT2D eigenvalue weighted by molar-refractivity contribution is 7.89. The predicted molar refractivity (Wildman–Crippen MR) is 127 cm³/mol. The van der Waals surface area contributed by atoms with Crippen molar-refractivity contribution >= 4 is 44.5 Å². The first-order valence-electron chi connectivity index (χ1n) is 10.9. The summed E-state index contributed by atoms with van der Waals surface area (Å²) >= 11 is 0. The number of fused-ring (bicyclic) bond motifs is 1. The van der Waals surface area contributed by atoms with Crippen LogP contribution in [0.5, 0.6) is 0 Å². The summed E-state index contributed by atoms with van der Waals surface area (Å²) in [5.41, 5.74) is 3.86. The molecule has 0 aliphatic carbocycles. The molecule has 0 radical (unpaired) electrons. The molecule has 0 saturated carbocycles. The highest BCUT2D eigenvalue weighted by atomic mass is 32.2. The maximum absolute atomic E-state index is 12.4. The summed E-state index contributed by atoms with van der Waals surface area (Å²) in [5, 5.41) is 6.49. The molecule has 0 bridgehead atoms. The highest BCUT2D eigenvalue weighted by Crippen LogP contribution is 2.31. The molecule has 178 valence electrons.